The summed E-state index contributed by atoms with van der Waals surface area (Å²) in [6.07, 6.45) is 4.33. The van der Waals surface area contributed by atoms with E-state index in [4.69, 9.17) is 0 Å². The van der Waals surface area contributed by atoms with Gasteiger partial charge in [-0.05, 0) is 33.2 Å². The molecule has 0 aromatic rings. The van der Waals surface area contributed by atoms with Gasteiger partial charge in [-0.2, -0.15) is 0 Å². The molecule has 0 bridgehead atoms. The molecule has 0 aliphatic carbocycles. The van der Waals surface area contributed by atoms with Crippen molar-refractivity contribution in [3.63, 3.8) is 0 Å². The molecule has 114 valence electrons. The number of nitrogens with one attached hydrogen (secondary N) is 1. The number of rotatable bonds is 11. The first-order valence-electron chi connectivity index (χ1n) is 7.61. The molecular weight excluding hydrogens is 240 g/mol. The summed E-state index contributed by atoms with van der Waals surface area (Å²) in [4.78, 5) is 13.6. The molecule has 0 saturated heterocycles. The van der Waals surface area contributed by atoms with Gasteiger partial charge in [0.05, 0.1) is 0 Å². The zero-order valence-electron chi connectivity index (χ0n) is 13.3. The van der Waals surface area contributed by atoms with Crippen LogP contribution < -0.4 is 5.32 Å². The predicted molar refractivity (Wildman–Crippen MR) is 80.5 cm³/mol. The molecular formula is C15H32N2O2. The van der Waals surface area contributed by atoms with Crippen LogP contribution in [0.15, 0.2) is 0 Å². The lowest BCUT2D eigenvalue weighted by atomic mass is 10.1. The fraction of sp³-hybridized carbons (Fsp3) is 0.933. The number of nitrogens with zero attached hydrogens (tertiary/aromatic N) is 1. The summed E-state index contributed by atoms with van der Waals surface area (Å²) in [7, 11) is 0. The van der Waals surface area contributed by atoms with Gasteiger partial charge >= 0.3 is 5.97 Å². The normalized spacial score (nSPS) is 13.5. The first-order chi connectivity index (χ1) is 8.88. The first kappa shape index (κ1) is 18.4. The van der Waals surface area contributed by atoms with Crippen LogP contribution in [0.4, 0.5) is 0 Å². The molecule has 0 radical (unpaired) electrons. The topological polar surface area (TPSA) is 52.6 Å². The van der Waals surface area contributed by atoms with Crippen LogP contribution in [-0.2, 0) is 4.79 Å². The molecule has 0 aliphatic heterocycles. The minimum Gasteiger partial charge on any atom is -0.480 e. The summed E-state index contributed by atoms with van der Waals surface area (Å²) in [6, 6.07) is 0.242. The summed E-state index contributed by atoms with van der Waals surface area (Å²) >= 11 is 0. The average Bonchev–Trinajstić information content (AvgIpc) is 2.30. The van der Waals surface area contributed by atoms with E-state index in [-0.39, 0.29) is 6.04 Å². The van der Waals surface area contributed by atoms with Gasteiger partial charge in [-0.3, -0.25) is 4.79 Å². The van der Waals surface area contributed by atoms with E-state index in [0.29, 0.717) is 12.5 Å². The van der Waals surface area contributed by atoms with Crippen molar-refractivity contribution in [1.29, 1.82) is 0 Å². The lowest BCUT2D eigenvalue weighted by molar-refractivity contribution is -0.140. The number of hydrogen-bond acceptors (Lipinski definition) is 3. The number of unbranched alkanes of at least 4 members (excludes halogenated alkanes) is 2. The summed E-state index contributed by atoms with van der Waals surface area (Å²) in [5.74, 6) is -0.744. The third-order valence-corrected chi connectivity index (χ3v) is 3.32. The summed E-state index contributed by atoms with van der Waals surface area (Å²) in [5, 5.41) is 12.3. The number of hydrogen-bond donors (Lipinski definition) is 2. The number of aliphatic carboxylic acids is 1. The van der Waals surface area contributed by atoms with Crippen molar-refractivity contribution in [2.24, 2.45) is 0 Å². The van der Waals surface area contributed by atoms with Gasteiger partial charge in [-0.25, -0.2) is 0 Å². The Kier molecular flexibility index (Phi) is 9.88. The second-order valence-electron chi connectivity index (χ2n) is 5.84. The van der Waals surface area contributed by atoms with E-state index in [1.54, 1.807) is 0 Å². The van der Waals surface area contributed by atoms with Gasteiger partial charge in [0.1, 0.15) is 6.04 Å². The van der Waals surface area contributed by atoms with Crippen LogP contribution in [-0.4, -0.2) is 47.2 Å². The van der Waals surface area contributed by atoms with E-state index < -0.39 is 12.0 Å². The Hall–Kier alpha value is -0.610. The van der Waals surface area contributed by atoms with Crippen LogP contribution in [0.5, 0.6) is 0 Å². The molecule has 0 aromatic carbocycles. The maximum absolute atomic E-state index is 11.2. The molecule has 19 heavy (non-hydrogen) atoms. The van der Waals surface area contributed by atoms with Gasteiger partial charge in [-0.15, -0.1) is 0 Å². The number of carboxylic acids is 1. The van der Waals surface area contributed by atoms with E-state index in [2.05, 4.69) is 31.0 Å². The maximum Gasteiger partial charge on any atom is 0.320 e. The summed E-state index contributed by atoms with van der Waals surface area (Å²) in [5.41, 5.74) is 0. The molecule has 0 spiro atoms. The van der Waals surface area contributed by atoms with E-state index in [1.165, 1.54) is 19.3 Å². The SMILES string of the molecule is CCCCCN(CCC(NC(C)C)C(=O)O)C(C)C. The molecule has 0 aromatic heterocycles. The van der Waals surface area contributed by atoms with E-state index in [1.807, 2.05) is 13.8 Å². The molecule has 4 nitrogen and oxygen atoms in total. The van der Waals surface area contributed by atoms with Crippen molar-refractivity contribution < 1.29 is 9.90 Å². The third kappa shape index (κ3) is 9.00. The second kappa shape index (κ2) is 10.2. The molecule has 4 heteroatoms. The fourth-order valence-electron chi connectivity index (χ4n) is 2.17. The van der Waals surface area contributed by atoms with Crippen molar-refractivity contribution >= 4 is 5.97 Å². The van der Waals surface area contributed by atoms with Crippen molar-refractivity contribution in [2.45, 2.75) is 78.4 Å². The minimum atomic E-state index is -0.744. The smallest absolute Gasteiger partial charge is 0.320 e. The van der Waals surface area contributed by atoms with Gasteiger partial charge in [-0.1, -0.05) is 33.6 Å². The molecule has 0 amide bonds. The van der Waals surface area contributed by atoms with Crippen molar-refractivity contribution in [3.8, 4) is 0 Å². The van der Waals surface area contributed by atoms with Gasteiger partial charge in [0, 0.05) is 18.6 Å². The Morgan fingerprint density at radius 3 is 2.21 bits per heavy atom. The largest absolute Gasteiger partial charge is 0.480 e. The molecule has 0 heterocycles. The van der Waals surface area contributed by atoms with Crippen molar-refractivity contribution in [3.05, 3.63) is 0 Å². The Labute approximate surface area is 118 Å². The first-order valence-corrected chi connectivity index (χ1v) is 7.61. The molecule has 1 atom stereocenters. The van der Waals surface area contributed by atoms with Crippen molar-refractivity contribution in [1.82, 2.24) is 10.2 Å². The fourth-order valence-corrected chi connectivity index (χ4v) is 2.17. The third-order valence-electron chi connectivity index (χ3n) is 3.32. The van der Waals surface area contributed by atoms with E-state index in [9.17, 15) is 9.90 Å². The standard InChI is InChI=1S/C15H32N2O2/c1-6-7-8-10-17(13(4)5)11-9-14(15(18)19)16-12(2)3/h12-14,16H,6-11H2,1-5H3,(H,18,19). The van der Waals surface area contributed by atoms with Crippen LogP contribution in [0.1, 0.15) is 60.3 Å². The van der Waals surface area contributed by atoms with Gasteiger partial charge < -0.3 is 15.3 Å². The highest BCUT2D eigenvalue weighted by Gasteiger charge is 2.19. The van der Waals surface area contributed by atoms with Gasteiger partial charge in [0.2, 0.25) is 0 Å². The molecule has 0 aliphatic rings. The Bertz CT molecular complexity index is 242. The highest BCUT2D eigenvalue weighted by atomic mass is 16.4. The van der Waals surface area contributed by atoms with Crippen LogP contribution >= 0.6 is 0 Å². The molecule has 2 N–H and O–H groups in total. The Balaban J connectivity index is 4.22. The van der Waals surface area contributed by atoms with E-state index in [0.717, 1.165) is 13.1 Å². The van der Waals surface area contributed by atoms with Crippen LogP contribution in [0.2, 0.25) is 0 Å². The summed E-state index contributed by atoms with van der Waals surface area (Å²) in [6.45, 7) is 12.4. The second-order valence-corrected chi connectivity index (χ2v) is 5.84. The summed E-state index contributed by atoms with van der Waals surface area (Å²) < 4.78 is 0. The van der Waals surface area contributed by atoms with Crippen LogP contribution in [0, 0.1) is 0 Å². The maximum atomic E-state index is 11.2. The average molecular weight is 272 g/mol. The number of carboxylic acid groups (broad SMARTS) is 1. The Morgan fingerprint density at radius 2 is 1.79 bits per heavy atom. The zero-order chi connectivity index (χ0) is 14.8. The van der Waals surface area contributed by atoms with Crippen LogP contribution in [0.25, 0.3) is 0 Å². The molecule has 0 rings (SSSR count). The minimum absolute atomic E-state index is 0.202. The lowest BCUT2D eigenvalue weighted by Gasteiger charge is -2.28. The van der Waals surface area contributed by atoms with Crippen molar-refractivity contribution in [2.75, 3.05) is 13.1 Å². The predicted octanol–water partition coefficient (Wildman–Crippen LogP) is 2.73. The number of carbonyl (C=O) groups is 1. The van der Waals surface area contributed by atoms with E-state index >= 15 is 0 Å². The molecule has 0 fully saturated rings. The quantitative estimate of drug-likeness (QED) is 0.568. The molecule has 1 unspecified atom stereocenters. The zero-order valence-corrected chi connectivity index (χ0v) is 13.3. The Morgan fingerprint density at radius 1 is 1.16 bits per heavy atom. The monoisotopic (exact) mass is 272 g/mol. The van der Waals surface area contributed by atoms with Gasteiger partial charge in [0.15, 0.2) is 0 Å². The van der Waals surface area contributed by atoms with Crippen LogP contribution in [0.3, 0.4) is 0 Å². The lowest BCUT2D eigenvalue weighted by Crippen LogP contribution is -2.44. The highest BCUT2D eigenvalue weighted by molar-refractivity contribution is 5.73. The highest BCUT2D eigenvalue weighted by Crippen LogP contribution is 2.06. The molecule has 0 saturated carbocycles. The van der Waals surface area contributed by atoms with Gasteiger partial charge in [0.25, 0.3) is 0 Å².